The van der Waals surface area contributed by atoms with E-state index in [-0.39, 0.29) is 5.41 Å². The van der Waals surface area contributed by atoms with E-state index >= 15 is 0 Å². The average molecular weight is 184 g/mol. The zero-order valence-electron chi connectivity index (χ0n) is 8.63. The molecule has 4 nitrogen and oxygen atoms in total. The quantitative estimate of drug-likeness (QED) is 0.495. The number of carbonyl (C=O) groups is 2. The van der Waals surface area contributed by atoms with Gasteiger partial charge in [-0.2, -0.15) is 0 Å². The molecule has 0 spiro atoms. The molecule has 0 N–H and O–H groups in total. The van der Waals surface area contributed by atoms with E-state index in [4.69, 9.17) is 0 Å². The third-order valence-electron chi connectivity index (χ3n) is 2.21. The summed E-state index contributed by atoms with van der Waals surface area (Å²) in [5.41, 5.74) is -0.0225. The Bertz CT molecular complexity index is 224. The van der Waals surface area contributed by atoms with E-state index < -0.39 is 11.8 Å². The van der Waals surface area contributed by atoms with Crippen LogP contribution in [0.15, 0.2) is 0 Å². The third kappa shape index (κ3) is 1.99. The molecule has 13 heavy (non-hydrogen) atoms. The fourth-order valence-corrected chi connectivity index (χ4v) is 1.80. The number of carbonyl (C=O) groups excluding carboxylic acids is 2. The van der Waals surface area contributed by atoms with E-state index in [0.717, 1.165) is 0 Å². The first-order valence-electron chi connectivity index (χ1n) is 4.34. The van der Waals surface area contributed by atoms with Crippen LogP contribution >= 0.6 is 0 Å². The van der Waals surface area contributed by atoms with Gasteiger partial charge in [0.05, 0.1) is 0 Å². The van der Waals surface area contributed by atoms with Crippen LogP contribution in [0, 0.1) is 5.41 Å². The van der Waals surface area contributed by atoms with E-state index in [9.17, 15) is 9.59 Å². The van der Waals surface area contributed by atoms with E-state index in [1.54, 1.807) is 14.1 Å². The molecule has 1 rings (SSSR count). The summed E-state index contributed by atoms with van der Waals surface area (Å²) in [7, 11) is 3.34. The summed E-state index contributed by atoms with van der Waals surface area (Å²) in [6.45, 7) is 5.35. The second-order valence-corrected chi connectivity index (χ2v) is 4.49. The molecular formula is C9H16N2O2. The monoisotopic (exact) mass is 184 g/mol. The van der Waals surface area contributed by atoms with Gasteiger partial charge >= 0.3 is 11.8 Å². The second-order valence-electron chi connectivity index (χ2n) is 4.49. The molecule has 1 aliphatic heterocycles. The standard InChI is InChI=1S/C9H16N2O2/c1-9(2)5-10(3)7(12)8(13)11(4)6-9/h5-6H2,1-4H3. The van der Waals surface area contributed by atoms with E-state index in [2.05, 4.69) is 0 Å². The van der Waals surface area contributed by atoms with Gasteiger partial charge in [0.2, 0.25) is 0 Å². The van der Waals surface area contributed by atoms with Crippen molar-refractivity contribution in [2.45, 2.75) is 13.8 Å². The van der Waals surface area contributed by atoms with Gasteiger partial charge in [-0.25, -0.2) is 0 Å². The van der Waals surface area contributed by atoms with E-state index in [1.165, 1.54) is 9.80 Å². The van der Waals surface area contributed by atoms with Gasteiger partial charge in [-0.05, 0) is 5.41 Å². The molecule has 0 unspecified atom stereocenters. The van der Waals surface area contributed by atoms with Crippen LogP contribution in [0.1, 0.15) is 13.8 Å². The van der Waals surface area contributed by atoms with Gasteiger partial charge in [0.25, 0.3) is 0 Å². The topological polar surface area (TPSA) is 40.6 Å². The first-order chi connectivity index (χ1) is 5.83. The lowest BCUT2D eigenvalue weighted by molar-refractivity contribution is -0.148. The molecule has 0 aromatic rings. The Labute approximate surface area is 78.5 Å². The molecule has 0 atom stereocenters. The molecule has 4 heteroatoms. The van der Waals surface area contributed by atoms with Gasteiger partial charge in [-0.1, -0.05) is 13.8 Å². The second kappa shape index (κ2) is 3.01. The summed E-state index contributed by atoms with van der Waals surface area (Å²) in [6.07, 6.45) is 0. The maximum Gasteiger partial charge on any atom is 0.311 e. The van der Waals surface area contributed by atoms with Crippen molar-refractivity contribution >= 4 is 11.8 Å². The fourth-order valence-electron chi connectivity index (χ4n) is 1.80. The Kier molecular flexibility index (Phi) is 2.32. The molecule has 0 bridgehead atoms. The number of amides is 2. The van der Waals surface area contributed by atoms with Crippen LogP contribution in [-0.2, 0) is 9.59 Å². The molecule has 1 heterocycles. The van der Waals surface area contributed by atoms with Crippen LogP contribution in [0.3, 0.4) is 0 Å². The highest BCUT2D eigenvalue weighted by Gasteiger charge is 2.34. The zero-order chi connectivity index (χ0) is 10.2. The lowest BCUT2D eigenvalue weighted by Gasteiger charge is -2.27. The summed E-state index contributed by atoms with van der Waals surface area (Å²) in [5.74, 6) is -0.818. The Morgan fingerprint density at radius 3 is 1.62 bits per heavy atom. The van der Waals surface area contributed by atoms with Crippen molar-refractivity contribution in [1.29, 1.82) is 0 Å². The van der Waals surface area contributed by atoms with Crippen molar-refractivity contribution in [1.82, 2.24) is 9.80 Å². The average Bonchev–Trinajstić information content (AvgIpc) is 2.03. The number of likely N-dealkylation sites (N-methyl/N-ethyl adjacent to an activating group) is 2. The van der Waals surface area contributed by atoms with Crippen molar-refractivity contribution in [3.63, 3.8) is 0 Å². The number of hydrogen-bond donors (Lipinski definition) is 0. The van der Waals surface area contributed by atoms with Crippen LogP contribution < -0.4 is 0 Å². The number of hydrogen-bond acceptors (Lipinski definition) is 2. The third-order valence-corrected chi connectivity index (χ3v) is 2.21. The Morgan fingerprint density at radius 1 is 1.00 bits per heavy atom. The molecule has 0 saturated carbocycles. The van der Waals surface area contributed by atoms with Gasteiger partial charge in [0.1, 0.15) is 0 Å². The SMILES string of the molecule is CN1CC(C)(C)CN(C)C(=O)C1=O. The molecule has 2 amide bonds. The number of nitrogens with zero attached hydrogens (tertiary/aromatic N) is 2. The largest absolute Gasteiger partial charge is 0.337 e. The lowest BCUT2D eigenvalue weighted by Crippen LogP contribution is -2.38. The fraction of sp³-hybridized carbons (Fsp3) is 0.778. The predicted octanol–water partition coefficient (Wildman–Crippen LogP) is -0.0570. The minimum atomic E-state index is -0.409. The summed E-state index contributed by atoms with van der Waals surface area (Å²) >= 11 is 0. The van der Waals surface area contributed by atoms with Gasteiger partial charge in [0, 0.05) is 27.2 Å². The molecule has 74 valence electrons. The van der Waals surface area contributed by atoms with Crippen molar-refractivity contribution in [3.05, 3.63) is 0 Å². The minimum absolute atomic E-state index is 0.0225. The Balaban J connectivity index is 2.92. The number of rotatable bonds is 0. The smallest absolute Gasteiger partial charge is 0.311 e. The Hall–Kier alpha value is -1.06. The van der Waals surface area contributed by atoms with Crippen LogP contribution in [0.5, 0.6) is 0 Å². The molecule has 1 saturated heterocycles. The van der Waals surface area contributed by atoms with Gasteiger partial charge in [-0.3, -0.25) is 9.59 Å². The molecule has 0 aromatic heterocycles. The molecule has 0 aromatic carbocycles. The summed E-state index contributed by atoms with van der Waals surface area (Å²) in [5, 5.41) is 0. The van der Waals surface area contributed by atoms with Crippen LogP contribution in [0.4, 0.5) is 0 Å². The summed E-state index contributed by atoms with van der Waals surface area (Å²) < 4.78 is 0. The van der Waals surface area contributed by atoms with Crippen molar-refractivity contribution < 1.29 is 9.59 Å². The lowest BCUT2D eigenvalue weighted by atomic mass is 9.93. The van der Waals surface area contributed by atoms with E-state index in [0.29, 0.717) is 13.1 Å². The first-order valence-corrected chi connectivity index (χ1v) is 4.34. The van der Waals surface area contributed by atoms with Crippen LogP contribution in [-0.4, -0.2) is 48.8 Å². The molecule has 1 aliphatic rings. The zero-order valence-corrected chi connectivity index (χ0v) is 8.63. The minimum Gasteiger partial charge on any atom is -0.337 e. The van der Waals surface area contributed by atoms with Crippen LogP contribution in [0.25, 0.3) is 0 Å². The molecule has 1 fully saturated rings. The summed E-state index contributed by atoms with van der Waals surface area (Å²) in [6, 6.07) is 0. The molecule has 0 radical (unpaired) electrons. The normalized spacial score (nSPS) is 23.4. The molecular weight excluding hydrogens is 168 g/mol. The van der Waals surface area contributed by atoms with Crippen molar-refractivity contribution in [2.75, 3.05) is 27.2 Å². The maximum absolute atomic E-state index is 11.4. The van der Waals surface area contributed by atoms with Gasteiger partial charge in [-0.15, -0.1) is 0 Å². The van der Waals surface area contributed by atoms with E-state index in [1.807, 2.05) is 13.8 Å². The Morgan fingerprint density at radius 2 is 1.31 bits per heavy atom. The highest BCUT2D eigenvalue weighted by molar-refractivity contribution is 6.34. The predicted molar refractivity (Wildman–Crippen MR) is 49.1 cm³/mol. The highest BCUT2D eigenvalue weighted by atomic mass is 16.2. The van der Waals surface area contributed by atoms with Crippen molar-refractivity contribution in [3.8, 4) is 0 Å². The summed E-state index contributed by atoms with van der Waals surface area (Å²) in [4.78, 5) is 25.7. The van der Waals surface area contributed by atoms with Crippen LogP contribution in [0.2, 0.25) is 0 Å². The van der Waals surface area contributed by atoms with Crippen molar-refractivity contribution in [2.24, 2.45) is 5.41 Å². The first kappa shape index (κ1) is 10.0. The maximum atomic E-state index is 11.4. The highest BCUT2D eigenvalue weighted by Crippen LogP contribution is 2.20. The molecule has 0 aliphatic carbocycles. The van der Waals surface area contributed by atoms with Gasteiger partial charge in [0.15, 0.2) is 0 Å². The van der Waals surface area contributed by atoms with Gasteiger partial charge < -0.3 is 9.80 Å².